The van der Waals surface area contributed by atoms with Gasteiger partial charge in [0.05, 0.1) is 4.90 Å². The first-order valence-electron chi connectivity index (χ1n) is 12.6. The number of hydrogen-bond donors (Lipinski definition) is 0. The summed E-state index contributed by atoms with van der Waals surface area (Å²) in [5, 5.41) is -0.115. The van der Waals surface area contributed by atoms with Crippen molar-refractivity contribution in [2.45, 2.75) is 102 Å². The number of rotatable bonds is 5. The fourth-order valence-corrected chi connectivity index (χ4v) is 7.33. The van der Waals surface area contributed by atoms with Crippen LogP contribution in [0.5, 0.6) is 0 Å². The van der Waals surface area contributed by atoms with Crippen LogP contribution in [0.25, 0.3) is 0 Å². The molecule has 1 aliphatic rings. The Kier molecular flexibility index (Phi) is 7.74. The molecule has 1 aliphatic heterocycles. The van der Waals surface area contributed by atoms with Gasteiger partial charge in [0.1, 0.15) is 6.10 Å². The molecule has 0 saturated heterocycles. The van der Waals surface area contributed by atoms with Crippen LogP contribution < -0.4 is 0 Å². The van der Waals surface area contributed by atoms with Crippen LogP contribution in [-0.4, -0.2) is 30.1 Å². The molecule has 1 heterocycles. The van der Waals surface area contributed by atoms with Gasteiger partial charge in [0.15, 0.2) is 27.9 Å². The molecule has 2 aromatic carbocycles. The molecule has 2 aromatic rings. The largest absolute Gasteiger partial charge is 0.404 e. The van der Waals surface area contributed by atoms with E-state index in [0.29, 0.717) is 0 Å². The van der Waals surface area contributed by atoms with Gasteiger partial charge in [-0.15, -0.1) is 0 Å². The van der Waals surface area contributed by atoms with Gasteiger partial charge in [-0.2, -0.15) is 0 Å². The molecule has 0 N–H and O–H groups in total. The lowest BCUT2D eigenvalue weighted by molar-refractivity contribution is 0.174. The van der Waals surface area contributed by atoms with Gasteiger partial charge in [0, 0.05) is 5.56 Å². The van der Waals surface area contributed by atoms with Gasteiger partial charge in [-0.05, 0) is 60.9 Å². The summed E-state index contributed by atoms with van der Waals surface area (Å²) in [5.41, 5.74) is 2.71. The summed E-state index contributed by atoms with van der Waals surface area (Å²) >= 11 is 0. The first kappa shape index (κ1) is 29.0. The monoisotopic (exact) mass is 545 g/mol. The highest BCUT2D eigenvalue weighted by atomic mass is 32.2. The van der Waals surface area contributed by atoms with Crippen LogP contribution in [0.3, 0.4) is 0 Å². The average Bonchev–Trinajstić information content (AvgIpc) is 2.73. The molecule has 0 bridgehead atoms. The zero-order chi connectivity index (χ0) is 27.3. The summed E-state index contributed by atoms with van der Waals surface area (Å²) in [6, 6.07) is 14.8. The lowest BCUT2D eigenvalue weighted by Gasteiger charge is -2.43. The molecule has 0 unspecified atom stereocenters. The molecule has 0 amide bonds. The molecule has 0 aliphatic carbocycles. The van der Waals surface area contributed by atoms with E-state index in [4.69, 9.17) is 13.8 Å². The lowest BCUT2D eigenvalue weighted by Crippen LogP contribution is -2.46. The van der Waals surface area contributed by atoms with Crippen molar-refractivity contribution < 1.29 is 17.3 Å². The smallest absolute Gasteiger partial charge is 0.222 e. The number of aryl methyl sites for hydroxylation is 1. The Bertz CT molecular complexity index is 1240. The second-order valence-corrected chi connectivity index (χ2v) is 24.3. The highest BCUT2D eigenvalue weighted by molar-refractivity contribution is 8.06. The maximum atomic E-state index is 14.1. The summed E-state index contributed by atoms with van der Waals surface area (Å²) in [4.78, 5) is 5.10. The third-order valence-electron chi connectivity index (χ3n) is 8.05. The molecule has 0 saturated carbocycles. The van der Waals surface area contributed by atoms with Crippen molar-refractivity contribution in [2.75, 3.05) is 0 Å². The molecule has 0 spiro atoms. The second-order valence-electron chi connectivity index (χ2n) is 12.9. The van der Waals surface area contributed by atoms with Gasteiger partial charge >= 0.3 is 0 Å². The van der Waals surface area contributed by atoms with Crippen LogP contribution in [0.1, 0.15) is 70.6 Å². The van der Waals surface area contributed by atoms with Gasteiger partial charge in [-0.3, -0.25) is 0 Å². The molecule has 0 radical (unpaired) electrons. The van der Waals surface area contributed by atoms with Gasteiger partial charge in [-0.1, -0.05) is 83.5 Å². The summed E-state index contributed by atoms with van der Waals surface area (Å²) in [7, 11) is -8.57. The summed E-state index contributed by atoms with van der Waals surface area (Å²) in [5.74, 6) is 0. The molecular formula is C28H43NO4SSi2. The summed E-state index contributed by atoms with van der Waals surface area (Å²) < 4.78 is 41.8. The summed E-state index contributed by atoms with van der Waals surface area (Å²) in [6.45, 7) is 23.5. The normalized spacial score (nSPS) is 19.6. The van der Waals surface area contributed by atoms with Gasteiger partial charge in [-0.25, -0.2) is 13.4 Å². The highest BCUT2D eigenvalue weighted by Crippen LogP contribution is 2.47. The van der Waals surface area contributed by atoms with Crippen molar-refractivity contribution in [1.29, 1.82) is 0 Å². The van der Waals surface area contributed by atoms with E-state index >= 15 is 0 Å². The van der Waals surface area contributed by atoms with Crippen LogP contribution in [0.4, 0.5) is 0 Å². The minimum absolute atomic E-state index is 0.0404. The number of sulfone groups is 1. The Morgan fingerprint density at radius 3 is 1.72 bits per heavy atom. The zero-order valence-electron chi connectivity index (χ0n) is 23.8. The minimum Gasteiger partial charge on any atom is -0.404 e. The number of nitrogens with zero attached hydrogens (tertiary/aromatic N) is 1. The predicted molar refractivity (Wildman–Crippen MR) is 154 cm³/mol. The lowest BCUT2D eigenvalue weighted by atomic mass is 9.99. The molecule has 0 aromatic heterocycles. The summed E-state index contributed by atoms with van der Waals surface area (Å²) in [6.07, 6.45) is -1.48. The fourth-order valence-electron chi connectivity index (χ4n) is 3.54. The maximum absolute atomic E-state index is 14.1. The van der Waals surface area contributed by atoms with Gasteiger partial charge < -0.3 is 8.85 Å². The van der Waals surface area contributed by atoms with Crippen LogP contribution in [0.15, 0.2) is 58.4 Å². The van der Waals surface area contributed by atoms with Crippen molar-refractivity contribution in [1.82, 2.24) is 0 Å². The predicted octanol–water partition coefficient (Wildman–Crippen LogP) is 7.96. The quantitative estimate of drug-likeness (QED) is 0.357. The zero-order valence-corrected chi connectivity index (χ0v) is 26.6. The third kappa shape index (κ3) is 5.62. The topological polar surface area (TPSA) is 65.0 Å². The van der Waals surface area contributed by atoms with E-state index in [1.807, 2.05) is 43.3 Å². The molecule has 0 fully saturated rings. The first-order valence-corrected chi connectivity index (χ1v) is 19.9. The van der Waals surface area contributed by atoms with Gasteiger partial charge in [0.25, 0.3) is 0 Å². The molecule has 198 valence electrons. The van der Waals surface area contributed by atoms with Crippen molar-refractivity contribution in [3.8, 4) is 0 Å². The Balaban J connectivity index is 2.25. The van der Waals surface area contributed by atoms with E-state index in [-0.39, 0.29) is 20.0 Å². The fraction of sp³-hybridized carbons (Fsp3) is 0.536. The van der Waals surface area contributed by atoms with Gasteiger partial charge in [0.2, 0.25) is 9.84 Å². The van der Waals surface area contributed by atoms with Crippen molar-refractivity contribution >= 4 is 31.5 Å². The van der Waals surface area contributed by atoms with Crippen LogP contribution in [-0.2, 0) is 18.7 Å². The molecule has 5 nitrogen and oxygen atoms in total. The number of hydrogen-bond acceptors (Lipinski definition) is 5. The Morgan fingerprint density at radius 2 is 1.22 bits per heavy atom. The first-order chi connectivity index (χ1) is 16.3. The van der Waals surface area contributed by atoms with Crippen molar-refractivity contribution in [2.24, 2.45) is 4.99 Å². The van der Waals surface area contributed by atoms with Crippen LogP contribution in [0, 0.1) is 6.92 Å². The number of fused-ring (bicyclic) bond motifs is 1. The molecule has 8 heteroatoms. The van der Waals surface area contributed by atoms with E-state index in [0.717, 1.165) is 16.7 Å². The van der Waals surface area contributed by atoms with Crippen LogP contribution >= 0.6 is 0 Å². The Hall–Kier alpha value is -1.59. The minimum atomic E-state index is -3.93. The van der Waals surface area contributed by atoms with Crippen molar-refractivity contribution in [3.63, 3.8) is 0 Å². The van der Waals surface area contributed by atoms with E-state index in [1.54, 1.807) is 12.1 Å². The number of benzene rings is 2. The van der Waals surface area contributed by atoms with E-state index in [2.05, 4.69) is 67.7 Å². The molecular weight excluding hydrogens is 503 g/mol. The molecule has 3 rings (SSSR count). The van der Waals surface area contributed by atoms with E-state index in [9.17, 15) is 8.42 Å². The Morgan fingerprint density at radius 1 is 0.750 bits per heavy atom. The van der Waals surface area contributed by atoms with E-state index < -0.39 is 38.8 Å². The number of aliphatic imine (C=N–C) groups is 1. The SMILES string of the molecule is Cc1ccc(S(=O)(=O)C2=N[C@H](O[Si](C)(C)C(C)(C)C)c3ccccc3[C@@H]2O[Si](C)(C)C(C)(C)C)cc1. The molecule has 36 heavy (non-hydrogen) atoms. The average molecular weight is 546 g/mol. The molecule has 2 atom stereocenters. The highest BCUT2D eigenvalue weighted by Gasteiger charge is 2.47. The van der Waals surface area contributed by atoms with E-state index in [1.165, 1.54) is 0 Å². The standard InChI is InChI=1S/C28H43NO4SSi2/c1-20-16-18-21(19-17-20)34(30,31)26-24(32-35(8,9)27(2,3)4)22-14-12-13-15-23(22)25(29-26)33-36(10,11)28(5,6)7/h12-19,24-25H,1-11H3/t24-,25+/m0/s1. The Labute approximate surface area is 220 Å². The maximum Gasteiger partial charge on any atom is 0.222 e. The third-order valence-corrected chi connectivity index (χ3v) is 18.7. The second kappa shape index (κ2) is 9.62. The van der Waals surface area contributed by atoms with Crippen molar-refractivity contribution in [3.05, 3.63) is 65.2 Å². The van der Waals surface area contributed by atoms with Crippen LogP contribution in [0.2, 0.25) is 36.3 Å².